The second kappa shape index (κ2) is 14.6. The Morgan fingerprint density at radius 3 is 2.03 bits per heavy atom. The average Bonchev–Trinajstić information content (AvgIpc) is 3.44. The molecule has 0 bridgehead atoms. The minimum atomic E-state index is -0.476. The van der Waals surface area contributed by atoms with Gasteiger partial charge in [-0.25, -0.2) is 15.2 Å². The molecule has 0 heterocycles. The summed E-state index contributed by atoms with van der Waals surface area (Å²) in [6, 6.07) is 8.83. The Kier molecular flexibility index (Phi) is 12.9. The van der Waals surface area contributed by atoms with Crippen molar-refractivity contribution in [3.63, 3.8) is 0 Å². The summed E-state index contributed by atoms with van der Waals surface area (Å²) in [7, 11) is 1.58. The number of nitrogens with zero attached hydrogens (tertiary/aromatic N) is 1. The maximum Gasteiger partial charge on any atom is 2.00 e. The van der Waals surface area contributed by atoms with Gasteiger partial charge in [0.05, 0.1) is 6.61 Å². The van der Waals surface area contributed by atoms with Crippen molar-refractivity contribution in [2.75, 3.05) is 13.7 Å². The molecule has 0 aromatic heterocycles. The quantitative estimate of drug-likeness (QED) is 0.405. The summed E-state index contributed by atoms with van der Waals surface area (Å²) in [5.41, 5.74) is 3.70. The molecule has 10 radical (unpaired) electrons. The van der Waals surface area contributed by atoms with Crippen LogP contribution in [0.2, 0.25) is 0 Å². The molecule has 1 N–H and O–H groups in total. The van der Waals surface area contributed by atoms with Gasteiger partial charge >= 0.3 is 23.2 Å². The Hall–Kier alpha value is -1.36. The minimum Gasteiger partial charge on any atom is -0.449 e. The molecule has 1 amide bonds. The molecule has 6 heteroatoms. The summed E-state index contributed by atoms with van der Waals surface area (Å²) in [6.45, 7) is 2.05. The molecule has 2 aliphatic carbocycles. The zero-order chi connectivity index (χ0) is 20.2. The van der Waals surface area contributed by atoms with Gasteiger partial charge in [0.25, 0.3) is 0 Å². The van der Waals surface area contributed by atoms with Gasteiger partial charge in [0, 0.05) is 31.0 Å². The zero-order valence-corrected chi connectivity index (χ0v) is 17.7. The summed E-state index contributed by atoms with van der Waals surface area (Å²) < 4.78 is 4.95. The van der Waals surface area contributed by atoms with Gasteiger partial charge in [0.15, 0.2) is 5.78 Å². The first-order chi connectivity index (χ1) is 13.6. The number of amides is 1. The fourth-order valence-electron chi connectivity index (χ4n) is 2.61. The van der Waals surface area contributed by atoms with E-state index in [0.29, 0.717) is 12.2 Å². The summed E-state index contributed by atoms with van der Waals surface area (Å²) >= 11 is 0. The third-order valence-electron chi connectivity index (χ3n) is 4.02. The number of nitrogens with one attached hydrogen (secondary N) is 1. The molecule has 0 saturated heterocycles. The third-order valence-corrected chi connectivity index (χ3v) is 4.02. The molecule has 0 spiro atoms. The summed E-state index contributed by atoms with van der Waals surface area (Å²) in [6.07, 6.45) is 17.4. The van der Waals surface area contributed by atoms with Gasteiger partial charge in [-0.15, -0.1) is 0 Å². The van der Waals surface area contributed by atoms with Crippen molar-refractivity contribution in [2.24, 2.45) is 0 Å². The molecule has 2 aliphatic rings. The smallest absolute Gasteiger partial charge is 0.449 e. The van der Waals surface area contributed by atoms with E-state index in [4.69, 9.17) is 4.74 Å². The number of hydrazine groups is 1. The number of hydrogen-bond donors (Lipinski definition) is 1. The van der Waals surface area contributed by atoms with Crippen LogP contribution in [-0.2, 0) is 21.8 Å². The second-order valence-electron chi connectivity index (χ2n) is 6.11. The van der Waals surface area contributed by atoms with Crippen molar-refractivity contribution in [1.82, 2.24) is 10.4 Å². The van der Waals surface area contributed by atoms with E-state index in [9.17, 15) is 9.59 Å². The predicted octanol–water partition coefficient (Wildman–Crippen LogP) is 3.65. The van der Waals surface area contributed by atoms with E-state index in [-0.39, 0.29) is 35.3 Å². The normalized spacial score (nSPS) is 16.9. The Bertz CT molecular complexity index is 579. The van der Waals surface area contributed by atoms with E-state index >= 15 is 0 Å². The molecule has 5 nitrogen and oxygen atoms in total. The third kappa shape index (κ3) is 9.33. The number of ketones is 1. The first kappa shape index (κ1) is 25.7. The summed E-state index contributed by atoms with van der Waals surface area (Å²) in [5, 5.41) is 1.28. The van der Waals surface area contributed by atoms with Gasteiger partial charge in [-0.2, -0.15) is 0 Å². The van der Waals surface area contributed by atoms with Crippen LogP contribution in [0.25, 0.3) is 0 Å². The van der Waals surface area contributed by atoms with Crippen LogP contribution in [0.1, 0.15) is 23.7 Å². The number of Topliss-reactive ketones (excluding diaryl/α,β-unsaturated/α-hetero) is 1. The van der Waals surface area contributed by atoms with Crippen LogP contribution in [0, 0.1) is 63.7 Å². The summed E-state index contributed by atoms with van der Waals surface area (Å²) in [5.74, 6) is 0.965. The molecule has 152 valence electrons. The van der Waals surface area contributed by atoms with Crippen LogP contribution in [0.4, 0.5) is 4.79 Å². The molecule has 2 fully saturated rings. The van der Waals surface area contributed by atoms with Crippen LogP contribution in [0.15, 0.2) is 30.3 Å². The standard InChI is InChI=1S/C18H21N2O3.C5H5.Fe/c1-3-23-18(22)20(2)19-16(14-9-7-8-10-14)13-17(21)15-11-5-4-6-12-15;1-2-4-5-3-1;/h4-12,16,19H,3,13H2,1-2H3;1-5H;/q;;+2. The minimum absolute atomic E-state index is 0. The maximum atomic E-state index is 12.5. The molecule has 1 unspecified atom stereocenters. The predicted molar refractivity (Wildman–Crippen MR) is 109 cm³/mol. The molecule has 1 atom stereocenters. The molecular weight excluding hydrogens is 408 g/mol. The number of rotatable bonds is 7. The van der Waals surface area contributed by atoms with Gasteiger partial charge in [0.1, 0.15) is 0 Å². The van der Waals surface area contributed by atoms with Gasteiger partial charge in [-0.3, -0.25) is 4.79 Å². The van der Waals surface area contributed by atoms with E-state index in [2.05, 4.69) is 5.43 Å². The maximum absolute atomic E-state index is 12.5. The van der Waals surface area contributed by atoms with E-state index in [1.165, 1.54) is 5.01 Å². The van der Waals surface area contributed by atoms with Gasteiger partial charge in [0.2, 0.25) is 0 Å². The number of hydrogen-bond acceptors (Lipinski definition) is 4. The second-order valence-corrected chi connectivity index (χ2v) is 6.11. The van der Waals surface area contributed by atoms with E-state index in [1.54, 1.807) is 26.1 Å². The van der Waals surface area contributed by atoms with Crippen molar-refractivity contribution in [3.05, 3.63) is 99.6 Å². The van der Waals surface area contributed by atoms with Crippen LogP contribution in [0.3, 0.4) is 0 Å². The van der Waals surface area contributed by atoms with Gasteiger partial charge in [-0.05, 0) is 64.7 Å². The largest absolute Gasteiger partial charge is 2.00 e. The van der Waals surface area contributed by atoms with Gasteiger partial charge < -0.3 is 4.74 Å². The Morgan fingerprint density at radius 1 is 0.966 bits per heavy atom. The molecule has 29 heavy (non-hydrogen) atoms. The number of carbonyl (C=O) groups is 2. The number of benzene rings is 1. The van der Waals surface area contributed by atoms with Crippen molar-refractivity contribution in [1.29, 1.82) is 0 Å². The first-order valence-electron chi connectivity index (χ1n) is 9.25. The Labute approximate surface area is 186 Å². The van der Waals surface area contributed by atoms with Crippen LogP contribution >= 0.6 is 0 Å². The molecule has 2 saturated carbocycles. The SMILES string of the molecule is CCOC(=O)N(C)NC(CC(=O)c1ccccc1)[C]1[CH][CH][CH][CH]1.[CH]1[CH][CH][CH][CH]1.[Fe+2]. The van der Waals surface area contributed by atoms with Crippen molar-refractivity contribution < 1.29 is 31.4 Å². The van der Waals surface area contributed by atoms with Crippen molar-refractivity contribution in [2.45, 2.75) is 19.4 Å². The van der Waals surface area contributed by atoms with Crippen LogP contribution in [0.5, 0.6) is 0 Å². The van der Waals surface area contributed by atoms with E-state index < -0.39 is 6.09 Å². The van der Waals surface area contributed by atoms with Crippen molar-refractivity contribution >= 4 is 11.9 Å². The van der Waals surface area contributed by atoms with Crippen molar-refractivity contribution in [3.8, 4) is 0 Å². The molecular formula is C23H26FeN2O3+2. The van der Waals surface area contributed by atoms with E-state index in [1.807, 2.05) is 76.0 Å². The monoisotopic (exact) mass is 434 g/mol. The van der Waals surface area contributed by atoms with Crippen LogP contribution < -0.4 is 5.43 Å². The number of ether oxygens (including phenoxy) is 1. The molecule has 1 aromatic rings. The number of carbonyl (C=O) groups excluding carboxylic acids is 2. The van der Waals surface area contributed by atoms with Gasteiger partial charge in [-0.1, -0.05) is 30.3 Å². The average molecular weight is 434 g/mol. The first-order valence-corrected chi connectivity index (χ1v) is 9.25. The van der Waals surface area contributed by atoms with Crippen LogP contribution in [-0.4, -0.2) is 36.6 Å². The molecule has 0 aliphatic heterocycles. The molecule has 1 aromatic carbocycles. The Morgan fingerprint density at radius 2 is 1.52 bits per heavy atom. The molecule has 3 rings (SSSR count). The fourth-order valence-corrected chi connectivity index (χ4v) is 2.61. The topological polar surface area (TPSA) is 58.6 Å². The fraction of sp³-hybridized carbons (Fsp3) is 0.217. The Balaban J connectivity index is 0.000000610. The zero-order valence-electron chi connectivity index (χ0n) is 16.6. The van der Waals surface area contributed by atoms with E-state index in [0.717, 1.165) is 5.92 Å². The summed E-state index contributed by atoms with van der Waals surface area (Å²) in [4.78, 5) is 24.2.